The SMILES string of the molecule is OC/C=C/C(O)CCCO. The minimum absolute atomic E-state index is 0.0455. The summed E-state index contributed by atoms with van der Waals surface area (Å²) in [5, 5.41) is 25.7. The minimum Gasteiger partial charge on any atom is -0.396 e. The van der Waals surface area contributed by atoms with Crippen LogP contribution in [-0.4, -0.2) is 34.6 Å². The molecule has 0 aromatic carbocycles. The van der Waals surface area contributed by atoms with Gasteiger partial charge in [0.1, 0.15) is 0 Å². The first-order valence-corrected chi connectivity index (χ1v) is 3.37. The quantitative estimate of drug-likeness (QED) is 0.465. The van der Waals surface area contributed by atoms with Crippen molar-refractivity contribution in [2.75, 3.05) is 13.2 Å². The molecule has 3 N–H and O–H groups in total. The van der Waals surface area contributed by atoms with Crippen molar-refractivity contribution in [3.05, 3.63) is 12.2 Å². The van der Waals surface area contributed by atoms with Gasteiger partial charge in [-0.2, -0.15) is 0 Å². The lowest BCUT2D eigenvalue weighted by atomic mass is 10.2. The maximum Gasteiger partial charge on any atom is 0.0722 e. The number of aliphatic hydroxyl groups excluding tert-OH is 3. The van der Waals surface area contributed by atoms with Crippen molar-refractivity contribution in [2.24, 2.45) is 0 Å². The molecule has 0 spiro atoms. The molecule has 0 saturated heterocycles. The summed E-state index contributed by atoms with van der Waals surface area (Å²) in [6, 6.07) is 0. The van der Waals surface area contributed by atoms with E-state index in [1.165, 1.54) is 12.2 Å². The van der Waals surface area contributed by atoms with E-state index in [2.05, 4.69) is 0 Å². The zero-order valence-corrected chi connectivity index (χ0v) is 5.90. The molecule has 1 atom stereocenters. The third-order valence-electron chi connectivity index (χ3n) is 1.12. The number of aliphatic hydroxyl groups is 3. The molecule has 0 aromatic heterocycles. The van der Waals surface area contributed by atoms with E-state index >= 15 is 0 Å². The Bertz CT molecular complexity index is 90.9. The van der Waals surface area contributed by atoms with Gasteiger partial charge in [-0.3, -0.25) is 0 Å². The fraction of sp³-hybridized carbons (Fsp3) is 0.714. The highest BCUT2D eigenvalue weighted by molar-refractivity contribution is 4.87. The van der Waals surface area contributed by atoms with Gasteiger partial charge in [-0.05, 0) is 12.8 Å². The van der Waals surface area contributed by atoms with Crippen LogP contribution in [0.5, 0.6) is 0 Å². The van der Waals surface area contributed by atoms with Crippen LogP contribution < -0.4 is 0 Å². The molecule has 0 radical (unpaired) electrons. The Hall–Kier alpha value is -0.380. The standard InChI is InChI=1S/C7H14O3/c8-5-1-3-7(10)4-2-6-9/h1,3,7-10H,2,4-6H2/b3-1+. The van der Waals surface area contributed by atoms with E-state index in [1.807, 2.05) is 0 Å². The van der Waals surface area contributed by atoms with Crippen molar-refractivity contribution in [1.82, 2.24) is 0 Å². The van der Waals surface area contributed by atoms with Gasteiger partial charge in [0.15, 0.2) is 0 Å². The summed E-state index contributed by atoms with van der Waals surface area (Å²) in [7, 11) is 0. The molecule has 0 bridgehead atoms. The highest BCUT2D eigenvalue weighted by atomic mass is 16.3. The van der Waals surface area contributed by atoms with Crippen LogP contribution >= 0.6 is 0 Å². The Kier molecular flexibility index (Phi) is 6.48. The summed E-state index contributed by atoms with van der Waals surface area (Å²) in [4.78, 5) is 0. The molecule has 0 aliphatic rings. The maximum absolute atomic E-state index is 9.00. The fourth-order valence-electron chi connectivity index (χ4n) is 0.615. The van der Waals surface area contributed by atoms with Gasteiger partial charge >= 0.3 is 0 Å². The Labute approximate surface area is 60.6 Å². The second-order valence-electron chi connectivity index (χ2n) is 2.04. The van der Waals surface area contributed by atoms with E-state index < -0.39 is 6.10 Å². The summed E-state index contributed by atoms with van der Waals surface area (Å²) in [6.07, 6.45) is 3.63. The third-order valence-corrected chi connectivity index (χ3v) is 1.12. The molecule has 0 aromatic rings. The highest BCUT2D eigenvalue weighted by Crippen LogP contribution is 1.96. The average Bonchev–Trinajstić information content (AvgIpc) is 1.97. The van der Waals surface area contributed by atoms with Gasteiger partial charge in [0, 0.05) is 6.61 Å². The van der Waals surface area contributed by atoms with Crippen LogP contribution in [0.15, 0.2) is 12.2 Å². The van der Waals surface area contributed by atoms with Crippen LogP contribution in [0.2, 0.25) is 0 Å². The molecule has 60 valence electrons. The van der Waals surface area contributed by atoms with Gasteiger partial charge in [-0.15, -0.1) is 0 Å². The summed E-state index contributed by atoms with van der Waals surface area (Å²) < 4.78 is 0. The molecule has 0 heterocycles. The van der Waals surface area contributed by atoms with Crippen molar-refractivity contribution in [1.29, 1.82) is 0 Å². The first kappa shape index (κ1) is 9.62. The fourth-order valence-corrected chi connectivity index (χ4v) is 0.615. The Morgan fingerprint density at radius 2 is 2.00 bits per heavy atom. The predicted octanol–water partition coefficient (Wildman–Crippen LogP) is -0.332. The van der Waals surface area contributed by atoms with Crippen LogP contribution in [0, 0.1) is 0 Å². The Morgan fingerprint density at radius 1 is 1.30 bits per heavy atom. The molecule has 10 heavy (non-hydrogen) atoms. The van der Waals surface area contributed by atoms with Crippen molar-refractivity contribution < 1.29 is 15.3 Å². The summed E-state index contributed by atoms with van der Waals surface area (Å²) in [5.41, 5.74) is 0. The van der Waals surface area contributed by atoms with E-state index in [1.54, 1.807) is 0 Å². The van der Waals surface area contributed by atoms with Crippen molar-refractivity contribution in [3.8, 4) is 0 Å². The third kappa shape index (κ3) is 5.75. The van der Waals surface area contributed by atoms with E-state index in [-0.39, 0.29) is 13.2 Å². The van der Waals surface area contributed by atoms with Gasteiger partial charge in [0.05, 0.1) is 12.7 Å². The largest absolute Gasteiger partial charge is 0.396 e. The zero-order chi connectivity index (χ0) is 7.82. The minimum atomic E-state index is -0.528. The number of hydrogen-bond acceptors (Lipinski definition) is 3. The summed E-state index contributed by atoms with van der Waals surface area (Å²) >= 11 is 0. The van der Waals surface area contributed by atoms with Crippen LogP contribution in [0.1, 0.15) is 12.8 Å². The summed E-state index contributed by atoms with van der Waals surface area (Å²) in [5.74, 6) is 0. The lowest BCUT2D eigenvalue weighted by Gasteiger charge is -2.01. The first-order chi connectivity index (χ1) is 4.81. The van der Waals surface area contributed by atoms with E-state index in [0.717, 1.165) is 0 Å². The zero-order valence-electron chi connectivity index (χ0n) is 5.90. The lowest BCUT2D eigenvalue weighted by Crippen LogP contribution is -2.02. The average molecular weight is 146 g/mol. The normalized spacial score (nSPS) is 14.3. The van der Waals surface area contributed by atoms with Crippen molar-refractivity contribution in [2.45, 2.75) is 18.9 Å². The van der Waals surface area contributed by atoms with E-state index in [4.69, 9.17) is 15.3 Å². The van der Waals surface area contributed by atoms with Crippen LogP contribution in [-0.2, 0) is 0 Å². The molecule has 1 unspecified atom stereocenters. The molecule has 3 heteroatoms. The predicted molar refractivity (Wildman–Crippen MR) is 38.6 cm³/mol. The molecule has 0 saturated carbocycles. The maximum atomic E-state index is 9.00. The van der Waals surface area contributed by atoms with Crippen LogP contribution in [0.25, 0.3) is 0 Å². The van der Waals surface area contributed by atoms with Gasteiger partial charge < -0.3 is 15.3 Å². The lowest BCUT2D eigenvalue weighted by molar-refractivity contribution is 0.189. The van der Waals surface area contributed by atoms with Gasteiger partial charge in [-0.1, -0.05) is 12.2 Å². The van der Waals surface area contributed by atoms with Gasteiger partial charge in [0.2, 0.25) is 0 Å². The Morgan fingerprint density at radius 3 is 2.50 bits per heavy atom. The number of hydrogen-bond donors (Lipinski definition) is 3. The highest BCUT2D eigenvalue weighted by Gasteiger charge is 1.95. The van der Waals surface area contributed by atoms with Gasteiger partial charge in [-0.25, -0.2) is 0 Å². The molecule has 0 rings (SSSR count). The van der Waals surface area contributed by atoms with Crippen LogP contribution in [0.4, 0.5) is 0 Å². The van der Waals surface area contributed by atoms with E-state index in [0.29, 0.717) is 12.8 Å². The van der Waals surface area contributed by atoms with E-state index in [9.17, 15) is 0 Å². The monoisotopic (exact) mass is 146 g/mol. The second kappa shape index (κ2) is 6.74. The molecule has 0 fully saturated rings. The summed E-state index contributed by atoms with van der Waals surface area (Å²) in [6.45, 7) is 0.0558. The van der Waals surface area contributed by atoms with Crippen molar-refractivity contribution >= 4 is 0 Å². The first-order valence-electron chi connectivity index (χ1n) is 3.37. The molecular formula is C7H14O3. The smallest absolute Gasteiger partial charge is 0.0722 e. The number of rotatable bonds is 5. The molecule has 0 aliphatic carbocycles. The second-order valence-corrected chi connectivity index (χ2v) is 2.04. The molecule has 3 nitrogen and oxygen atoms in total. The van der Waals surface area contributed by atoms with Crippen molar-refractivity contribution in [3.63, 3.8) is 0 Å². The molecule has 0 aliphatic heterocycles. The molecular weight excluding hydrogens is 132 g/mol. The topological polar surface area (TPSA) is 60.7 Å². The van der Waals surface area contributed by atoms with Gasteiger partial charge in [0.25, 0.3) is 0 Å². The van der Waals surface area contributed by atoms with Crippen LogP contribution in [0.3, 0.4) is 0 Å². The Balaban J connectivity index is 3.24. The molecule has 0 amide bonds.